The Morgan fingerprint density at radius 1 is 1.11 bits per heavy atom. The summed E-state index contributed by atoms with van der Waals surface area (Å²) < 4.78 is 28.6. The van der Waals surface area contributed by atoms with Crippen molar-refractivity contribution in [3.05, 3.63) is 58.6 Å². The zero-order chi connectivity index (χ0) is 20.5. The van der Waals surface area contributed by atoms with E-state index in [0.717, 1.165) is 17.7 Å². The van der Waals surface area contributed by atoms with Gasteiger partial charge in [-0.15, -0.1) is 0 Å². The number of benzene rings is 2. The summed E-state index contributed by atoms with van der Waals surface area (Å²) in [6.07, 6.45) is 0.941. The maximum absolute atomic E-state index is 13.6. The molecule has 0 saturated carbocycles. The molecule has 0 bridgehead atoms. The molecule has 0 fully saturated rings. The molecule has 1 heterocycles. The van der Waals surface area contributed by atoms with Gasteiger partial charge >= 0.3 is 0 Å². The van der Waals surface area contributed by atoms with E-state index in [4.69, 9.17) is 11.6 Å². The van der Waals surface area contributed by atoms with Crippen LogP contribution in [0.5, 0.6) is 0 Å². The van der Waals surface area contributed by atoms with E-state index < -0.39 is 10.0 Å². The van der Waals surface area contributed by atoms with Crippen LogP contribution in [0.4, 0.5) is 5.69 Å². The highest BCUT2D eigenvalue weighted by molar-refractivity contribution is 8.15. The predicted octanol–water partition coefficient (Wildman–Crippen LogP) is 5.63. The fourth-order valence-corrected chi connectivity index (χ4v) is 5.84. The number of hydrogen-bond acceptors (Lipinski definition) is 4. The molecule has 0 unspecified atom stereocenters. The molecule has 28 heavy (non-hydrogen) atoms. The SMILES string of the molecule is Cc1c(Cl)cccc1N(C1=NCCCS1)S(=O)(=O)c1ccc(C(C)(C)C)cc1. The first-order chi connectivity index (χ1) is 13.1. The summed E-state index contributed by atoms with van der Waals surface area (Å²) in [6.45, 7) is 8.76. The molecule has 2 aromatic rings. The van der Waals surface area contributed by atoms with E-state index in [2.05, 4.69) is 25.8 Å². The Hall–Kier alpha value is -1.50. The lowest BCUT2D eigenvalue weighted by atomic mass is 9.87. The molecule has 7 heteroatoms. The molecule has 2 aromatic carbocycles. The monoisotopic (exact) mass is 436 g/mol. The minimum absolute atomic E-state index is 0.0468. The minimum atomic E-state index is -3.83. The van der Waals surface area contributed by atoms with E-state index in [0.29, 0.717) is 28.0 Å². The number of nitrogens with zero attached hydrogens (tertiary/aromatic N) is 2. The number of anilines is 1. The largest absolute Gasteiger partial charge is 0.270 e. The maximum atomic E-state index is 13.6. The Kier molecular flexibility index (Phi) is 6.13. The standard InChI is InChI=1S/C21H25ClN2O2S2/c1-15-18(22)7-5-8-19(15)24(20-23-13-6-14-27-20)28(25,26)17-11-9-16(10-12-17)21(2,3)4/h5,7-12H,6,13-14H2,1-4H3. The molecule has 1 aliphatic rings. The third-order valence-corrected chi connectivity index (χ3v) is 7.98. The van der Waals surface area contributed by atoms with Crippen molar-refractivity contribution in [1.29, 1.82) is 0 Å². The minimum Gasteiger partial charge on any atom is -0.261 e. The average Bonchev–Trinajstić information content (AvgIpc) is 2.65. The van der Waals surface area contributed by atoms with E-state index in [-0.39, 0.29) is 10.3 Å². The van der Waals surface area contributed by atoms with Crippen LogP contribution < -0.4 is 4.31 Å². The second-order valence-corrected chi connectivity index (χ2v) is 11.1. The second-order valence-electron chi connectivity index (χ2n) is 7.79. The number of rotatable bonds is 3. The van der Waals surface area contributed by atoms with Gasteiger partial charge in [0.1, 0.15) is 0 Å². The van der Waals surface area contributed by atoms with Gasteiger partial charge in [-0.25, -0.2) is 12.7 Å². The molecule has 0 N–H and O–H groups in total. The van der Waals surface area contributed by atoms with Crippen molar-refractivity contribution in [1.82, 2.24) is 0 Å². The zero-order valence-electron chi connectivity index (χ0n) is 16.6. The molecule has 4 nitrogen and oxygen atoms in total. The van der Waals surface area contributed by atoms with Crippen LogP contribution in [0, 0.1) is 6.92 Å². The lowest BCUT2D eigenvalue weighted by molar-refractivity contribution is 0.586. The van der Waals surface area contributed by atoms with Crippen LogP contribution in [-0.2, 0) is 15.4 Å². The summed E-state index contributed by atoms with van der Waals surface area (Å²) in [5.74, 6) is 0.841. The van der Waals surface area contributed by atoms with Crippen molar-refractivity contribution in [3.8, 4) is 0 Å². The lowest BCUT2D eigenvalue weighted by Crippen LogP contribution is -2.37. The highest BCUT2D eigenvalue weighted by atomic mass is 35.5. The summed E-state index contributed by atoms with van der Waals surface area (Å²) >= 11 is 7.76. The third kappa shape index (κ3) is 4.24. The van der Waals surface area contributed by atoms with Gasteiger partial charge in [0.25, 0.3) is 10.0 Å². The van der Waals surface area contributed by atoms with Gasteiger partial charge in [-0.1, -0.05) is 62.3 Å². The highest BCUT2D eigenvalue weighted by Gasteiger charge is 2.32. The molecule has 0 aliphatic carbocycles. The fourth-order valence-electron chi connectivity index (χ4n) is 2.95. The smallest absolute Gasteiger partial charge is 0.261 e. The fraction of sp³-hybridized carbons (Fsp3) is 0.381. The normalized spacial score (nSPS) is 15.2. The average molecular weight is 437 g/mol. The number of aliphatic imine (C=N–C) groups is 1. The van der Waals surface area contributed by atoms with Gasteiger partial charge in [0.05, 0.1) is 10.6 Å². The topological polar surface area (TPSA) is 49.7 Å². The Morgan fingerprint density at radius 3 is 2.36 bits per heavy atom. The van der Waals surface area contributed by atoms with Crippen LogP contribution in [-0.4, -0.2) is 25.9 Å². The van der Waals surface area contributed by atoms with Crippen molar-refractivity contribution < 1.29 is 8.42 Å². The molecular weight excluding hydrogens is 412 g/mol. The number of thioether (sulfide) groups is 1. The van der Waals surface area contributed by atoms with Gasteiger partial charge < -0.3 is 0 Å². The molecule has 3 rings (SSSR count). The van der Waals surface area contributed by atoms with Crippen molar-refractivity contribution >= 4 is 44.2 Å². The number of sulfonamides is 1. The number of hydrogen-bond donors (Lipinski definition) is 0. The number of amidine groups is 1. The molecule has 0 atom stereocenters. The molecule has 1 aliphatic heterocycles. The molecule has 0 radical (unpaired) electrons. The Bertz CT molecular complexity index is 994. The summed E-state index contributed by atoms with van der Waals surface area (Å²) in [5, 5.41) is 1.03. The van der Waals surface area contributed by atoms with E-state index in [9.17, 15) is 8.42 Å². The predicted molar refractivity (Wildman–Crippen MR) is 120 cm³/mol. The molecule has 0 aromatic heterocycles. The van der Waals surface area contributed by atoms with Crippen molar-refractivity contribution in [3.63, 3.8) is 0 Å². The molecule has 0 saturated heterocycles. The van der Waals surface area contributed by atoms with E-state index in [1.54, 1.807) is 30.3 Å². The summed E-state index contributed by atoms with van der Waals surface area (Å²) in [7, 11) is -3.83. The van der Waals surface area contributed by atoms with Gasteiger partial charge in [-0.2, -0.15) is 0 Å². The van der Waals surface area contributed by atoms with Crippen molar-refractivity contribution in [2.24, 2.45) is 4.99 Å². The summed E-state index contributed by atoms with van der Waals surface area (Å²) in [5.41, 5.74) is 2.30. The van der Waals surface area contributed by atoms with Gasteiger partial charge in [0, 0.05) is 17.3 Å². The van der Waals surface area contributed by atoms with E-state index in [1.165, 1.54) is 16.1 Å². The maximum Gasteiger partial charge on any atom is 0.270 e. The molecule has 150 valence electrons. The van der Waals surface area contributed by atoms with Crippen LogP contribution in [0.3, 0.4) is 0 Å². The van der Waals surface area contributed by atoms with Crippen LogP contribution in [0.25, 0.3) is 0 Å². The summed E-state index contributed by atoms with van der Waals surface area (Å²) in [4.78, 5) is 4.75. The molecular formula is C21H25ClN2O2S2. The quantitative estimate of drug-likeness (QED) is 0.626. The van der Waals surface area contributed by atoms with Crippen molar-refractivity contribution in [2.75, 3.05) is 16.6 Å². The van der Waals surface area contributed by atoms with E-state index >= 15 is 0 Å². The third-order valence-electron chi connectivity index (χ3n) is 4.67. The Morgan fingerprint density at radius 2 is 1.79 bits per heavy atom. The number of halogens is 1. The van der Waals surface area contributed by atoms with Crippen LogP contribution in [0.15, 0.2) is 52.4 Å². The zero-order valence-corrected chi connectivity index (χ0v) is 19.0. The van der Waals surface area contributed by atoms with E-state index in [1.807, 2.05) is 19.1 Å². The van der Waals surface area contributed by atoms with Gasteiger partial charge in [0.15, 0.2) is 5.17 Å². The van der Waals surface area contributed by atoms with Gasteiger partial charge in [-0.05, 0) is 54.2 Å². The highest BCUT2D eigenvalue weighted by Crippen LogP contribution is 2.35. The van der Waals surface area contributed by atoms with Crippen molar-refractivity contribution in [2.45, 2.75) is 44.4 Å². The first kappa shape index (κ1) is 21.2. The lowest BCUT2D eigenvalue weighted by Gasteiger charge is -2.28. The van der Waals surface area contributed by atoms with Crippen LogP contribution in [0.1, 0.15) is 38.3 Å². The summed E-state index contributed by atoms with van der Waals surface area (Å²) in [6, 6.07) is 12.4. The Labute approximate surface area is 177 Å². The molecule has 0 amide bonds. The van der Waals surface area contributed by atoms with Crippen LogP contribution >= 0.6 is 23.4 Å². The molecule has 0 spiro atoms. The van der Waals surface area contributed by atoms with Gasteiger partial charge in [0.2, 0.25) is 0 Å². The second kappa shape index (κ2) is 8.09. The first-order valence-corrected chi connectivity index (χ1v) is 12.0. The first-order valence-electron chi connectivity index (χ1n) is 9.20. The Balaban J connectivity index is 2.14. The van der Waals surface area contributed by atoms with Crippen LogP contribution in [0.2, 0.25) is 5.02 Å². The van der Waals surface area contributed by atoms with Gasteiger partial charge in [-0.3, -0.25) is 4.99 Å².